The summed E-state index contributed by atoms with van der Waals surface area (Å²) in [6.07, 6.45) is 1.17. The number of hydrogen-bond donors (Lipinski definition) is 2. The van der Waals surface area contributed by atoms with E-state index in [1.54, 1.807) is 13.0 Å². The Morgan fingerprint density at radius 1 is 1.20 bits per heavy atom. The van der Waals surface area contributed by atoms with Crippen LogP contribution in [0, 0.1) is 6.92 Å². The molecule has 1 aromatic heterocycles. The molecule has 20 heavy (non-hydrogen) atoms. The molecule has 0 saturated heterocycles. The van der Waals surface area contributed by atoms with Crippen LogP contribution < -0.4 is 10.5 Å². The third kappa shape index (κ3) is 3.15. The van der Waals surface area contributed by atoms with Crippen LogP contribution in [0.3, 0.4) is 0 Å². The zero-order chi connectivity index (χ0) is 14.9. The van der Waals surface area contributed by atoms with E-state index in [-0.39, 0.29) is 21.4 Å². The Kier molecular flexibility index (Phi) is 4.08. The topological polar surface area (TPSA) is 85.1 Å². The van der Waals surface area contributed by atoms with Crippen LogP contribution in [0.4, 0.5) is 11.5 Å². The minimum absolute atomic E-state index is 0.0144. The van der Waals surface area contributed by atoms with Gasteiger partial charge in [0.1, 0.15) is 10.7 Å². The van der Waals surface area contributed by atoms with Crippen molar-refractivity contribution in [3.8, 4) is 0 Å². The SMILES string of the molecule is Cc1cc(Cl)c(NS(=O)(=O)c2ccc(N)nc2)cc1Cl. The summed E-state index contributed by atoms with van der Waals surface area (Å²) in [5.74, 6) is 0.236. The fraction of sp³-hybridized carbons (Fsp3) is 0.0833. The predicted octanol–water partition coefficient (Wildman–Crippen LogP) is 3.08. The van der Waals surface area contributed by atoms with Crippen molar-refractivity contribution in [1.82, 2.24) is 4.98 Å². The first-order valence-electron chi connectivity index (χ1n) is 5.49. The molecule has 1 heterocycles. The quantitative estimate of drug-likeness (QED) is 0.904. The maximum absolute atomic E-state index is 12.2. The molecule has 0 radical (unpaired) electrons. The van der Waals surface area contributed by atoms with E-state index in [1.165, 1.54) is 24.4 Å². The van der Waals surface area contributed by atoms with Crippen molar-refractivity contribution in [2.24, 2.45) is 0 Å². The zero-order valence-corrected chi connectivity index (χ0v) is 12.7. The highest BCUT2D eigenvalue weighted by Gasteiger charge is 2.17. The largest absolute Gasteiger partial charge is 0.384 e. The fourth-order valence-corrected chi connectivity index (χ4v) is 2.98. The molecule has 0 bridgehead atoms. The molecule has 3 N–H and O–H groups in total. The molecule has 1 aromatic carbocycles. The Morgan fingerprint density at radius 3 is 2.50 bits per heavy atom. The number of aryl methyl sites for hydroxylation is 1. The van der Waals surface area contributed by atoms with E-state index in [4.69, 9.17) is 28.9 Å². The van der Waals surface area contributed by atoms with Crippen LogP contribution in [-0.2, 0) is 10.0 Å². The van der Waals surface area contributed by atoms with Gasteiger partial charge < -0.3 is 5.73 Å². The number of nitrogens with one attached hydrogen (secondary N) is 1. The molecular weight excluding hydrogens is 321 g/mol. The lowest BCUT2D eigenvalue weighted by molar-refractivity contribution is 0.601. The number of nitrogens with zero attached hydrogens (tertiary/aromatic N) is 1. The van der Waals surface area contributed by atoms with Gasteiger partial charge in [-0.15, -0.1) is 0 Å². The van der Waals surface area contributed by atoms with Gasteiger partial charge in [0.2, 0.25) is 0 Å². The summed E-state index contributed by atoms with van der Waals surface area (Å²) in [6, 6.07) is 5.80. The lowest BCUT2D eigenvalue weighted by Crippen LogP contribution is -2.13. The van der Waals surface area contributed by atoms with Crippen molar-refractivity contribution in [1.29, 1.82) is 0 Å². The highest BCUT2D eigenvalue weighted by Crippen LogP contribution is 2.30. The second-order valence-electron chi connectivity index (χ2n) is 4.11. The molecule has 5 nitrogen and oxygen atoms in total. The Labute approximate surface area is 126 Å². The standard InChI is InChI=1S/C12H11Cl2N3O2S/c1-7-4-10(14)11(5-9(7)13)17-20(18,19)8-2-3-12(15)16-6-8/h2-6,17H,1H3,(H2,15,16). The molecule has 0 spiro atoms. The molecule has 2 aromatic rings. The monoisotopic (exact) mass is 331 g/mol. The highest BCUT2D eigenvalue weighted by atomic mass is 35.5. The van der Waals surface area contributed by atoms with Crippen LogP contribution in [0.2, 0.25) is 10.0 Å². The average molecular weight is 332 g/mol. The maximum atomic E-state index is 12.2. The molecule has 0 aliphatic carbocycles. The second kappa shape index (κ2) is 5.47. The van der Waals surface area contributed by atoms with Crippen LogP contribution in [0.25, 0.3) is 0 Å². The smallest absolute Gasteiger partial charge is 0.263 e. The van der Waals surface area contributed by atoms with E-state index in [2.05, 4.69) is 9.71 Å². The Bertz CT molecular complexity index is 746. The van der Waals surface area contributed by atoms with Crippen molar-refractivity contribution in [2.75, 3.05) is 10.5 Å². The molecule has 0 atom stereocenters. The maximum Gasteiger partial charge on any atom is 0.263 e. The van der Waals surface area contributed by atoms with E-state index in [0.29, 0.717) is 5.02 Å². The lowest BCUT2D eigenvalue weighted by Gasteiger charge is -2.11. The van der Waals surface area contributed by atoms with Gasteiger partial charge in [0.15, 0.2) is 0 Å². The molecule has 0 saturated carbocycles. The van der Waals surface area contributed by atoms with Gasteiger partial charge >= 0.3 is 0 Å². The van der Waals surface area contributed by atoms with Gasteiger partial charge in [0.05, 0.1) is 10.7 Å². The Morgan fingerprint density at radius 2 is 1.90 bits per heavy atom. The molecule has 106 valence electrons. The number of anilines is 2. The first-order valence-corrected chi connectivity index (χ1v) is 7.73. The summed E-state index contributed by atoms with van der Waals surface area (Å²) in [6.45, 7) is 1.77. The van der Waals surface area contributed by atoms with E-state index in [9.17, 15) is 8.42 Å². The fourth-order valence-electron chi connectivity index (χ4n) is 1.48. The van der Waals surface area contributed by atoms with Crippen LogP contribution in [0.5, 0.6) is 0 Å². The second-order valence-corrected chi connectivity index (χ2v) is 6.60. The van der Waals surface area contributed by atoms with Gasteiger partial charge in [-0.3, -0.25) is 4.72 Å². The van der Waals surface area contributed by atoms with Gasteiger partial charge in [-0.05, 0) is 36.8 Å². The van der Waals surface area contributed by atoms with Crippen molar-refractivity contribution in [3.05, 3.63) is 46.1 Å². The lowest BCUT2D eigenvalue weighted by atomic mass is 10.2. The number of nitrogen functional groups attached to an aromatic ring is 1. The molecule has 2 rings (SSSR count). The molecule has 0 unspecified atom stereocenters. The molecule has 0 aliphatic rings. The number of pyridine rings is 1. The van der Waals surface area contributed by atoms with Crippen LogP contribution in [0.1, 0.15) is 5.56 Å². The van der Waals surface area contributed by atoms with Gasteiger partial charge in [-0.1, -0.05) is 23.2 Å². The van der Waals surface area contributed by atoms with Crippen molar-refractivity contribution in [2.45, 2.75) is 11.8 Å². The number of nitrogens with two attached hydrogens (primary N) is 1. The number of halogens is 2. The third-order valence-electron chi connectivity index (χ3n) is 2.56. The number of sulfonamides is 1. The normalized spacial score (nSPS) is 11.3. The number of benzene rings is 1. The zero-order valence-electron chi connectivity index (χ0n) is 10.4. The summed E-state index contributed by atoms with van der Waals surface area (Å²) in [5.41, 5.74) is 6.38. The minimum atomic E-state index is -3.79. The summed E-state index contributed by atoms with van der Waals surface area (Å²) in [5, 5.41) is 0.682. The first kappa shape index (κ1) is 14.9. The van der Waals surface area contributed by atoms with E-state index < -0.39 is 10.0 Å². The van der Waals surface area contributed by atoms with Crippen molar-refractivity contribution >= 4 is 44.7 Å². The molecule has 0 fully saturated rings. The van der Waals surface area contributed by atoms with Crippen molar-refractivity contribution < 1.29 is 8.42 Å². The van der Waals surface area contributed by atoms with Gasteiger partial charge in [0, 0.05) is 11.2 Å². The van der Waals surface area contributed by atoms with E-state index in [0.717, 1.165) is 5.56 Å². The third-order valence-corrected chi connectivity index (χ3v) is 4.63. The Balaban J connectivity index is 2.38. The molecule has 0 aliphatic heterocycles. The number of hydrogen-bond acceptors (Lipinski definition) is 4. The highest BCUT2D eigenvalue weighted by molar-refractivity contribution is 7.92. The molecule has 8 heteroatoms. The first-order chi connectivity index (χ1) is 9.29. The molecule has 0 amide bonds. The summed E-state index contributed by atoms with van der Waals surface area (Å²) in [7, 11) is -3.79. The van der Waals surface area contributed by atoms with Gasteiger partial charge in [0.25, 0.3) is 10.0 Å². The molecular formula is C12H11Cl2N3O2S. The van der Waals surface area contributed by atoms with Gasteiger partial charge in [-0.25, -0.2) is 13.4 Å². The van der Waals surface area contributed by atoms with Crippen molar-refractivity contribution in [3.63, 3.8) is 0 Å². The van der Waals surface area contributed by atoms with E-state index >= 15 is 0 Å². The number of aromatic nitrogens is 1. The number of rotatable bonds is 3. The summed E-state index contributed by atoms with van der Waals surface area (Å²) < 4.78 is 26.7. The summed E-state index contributed by atoms with van der Waals surface area (Å²) >= 11 is 12.0. The van der Waals surface area contributed by atoms with E-state index in [1.807, 2.05) is 0 Å². The minimum Gasteiger partial charge on any atom is -0.384 e. The van der Waals surface area contributed by atoms with Crippen LogP contribution in [0.15, 0.2) is 35.4 Å². The van der Waals surface area contributed by atoms with Crippen LogP contribution in [-0.4, -0.2) is 13.4 Å². The van der Waals surface area contributed by atoms with Gasteiger partial charge in [-0.2, -0.15) is 0 Å². The van der Waals surface area contributed by atoms with Crippen LogP contribution >= 0.6 is 23.2 Å². The average Bonchev–Trinajstić information content (AvgIpc) is 2.36. The predicted molar refractivity (Wildman–Crippen MR) is 80.7 cm³/mol. The summed E-state index contributed by atoms with van der Waals surface area (Å²) in [4.78, 5) is 3.73. The Hall–Kier alpha value is -1.50.